The maximum absolute atomic E-state index is 14.1. The summed E-state index contributed by atoms with van der Waals surface area (Å²) in [5.74, 6) is -1.81. The molecule has 7 rings (SSSR count). The van der Waals surface area contributed by atoms with E-state index in [-0.39, 0.29) is 18.4 Å². The van der Waals surface area contributed by atoms with Crippen molar-refractivity contribution in [3.63, 3.8) is 0 Å². The van der Waals surface area contributed by atoms with Crippen LogP contribution in [0, 0.1) is 11.8 Å². The van der Waals surface area contributed by atoms with Gasteiger partial charge in [-0.2, -0.15) is 0 Å². The van der Waals surface area contributed by atoms with Crippen molar-refractivity contribution in [1.82, 2.24) is 4.90 Å². The van der Waals surface area contributed by atoms with Crippen molar-refractivity contribution in [2.24, 2.45) is 11.8 Å². The van der Waals surface area contributed by atoms with Crippen LogP contribution in [0.15, 0.2) is 95.1 Å². The molecule has 4 heterocycles. The molecule has 0 N–H and O–H groups in total. The molecule has 3 aromatic rings. The van der Waals surface area contributed by atoms with Gasteiger partial charge in [0.25, 0.3) is 0 Å². The SMILES string of the molecule is COc1ccc(C(=O)[C@@H]2[C@H]3C(=O)N(c4ccc5c(c4)OCO5)C(=O)[C@@H]3[C@H]3C=C(C(=O)c4ccccc4)C=CN32)cc1Br. The average Bonchev–Trinajstić information content (AvgIpc) is 3.69. The summed E-state index contributed by atoms with van der Waals surface area (Å²) in [4.78, 5) is 58.5. The van der Waals surface area contributed by atoms with Crippen LogP contribution in [0.2, 0.25) is 0 Å². The van der Waals surface area contributed by atoms with Gasteiger partial charge in [0, 0.05) is 29.0 Å². The molecule has 0 radical (unpaired) electrons. The Kier molecular flexibility index (Phi) is 6.23. The quantitative estimate of drug-likeness (QED) is 0.290. The Labute approximate surface area is 249 Å². The van der Waals surface area contributed by atoms with Gasteiger partial charge < -0.3 is 19.1 Å². The molecule has 0 saturated carbocycles. The lowest BCUT2D eigenvalue weighted by Gasteiger charge is -2.33. The van der Waals surface area contributed by atoms with Crippen molar-refractivity contribution >= 4 is 45.0 Å². The minimum atomic E-state index is -0.978. The number of nitrogens with zero attached hydrogens (tertiary/aromatic N) is 2. The smallest absolute Gasteiger partial charge is 0.240 e. The van der Waals surface area contributed by atoms with Crippen molar-refractivity contribution in [3.8, 4) is 17.2 Å². The molecule has 0 aromatic heterocycles. The molecule has 0 bridgehead atoms. The average molecular weight is 627 g/mol. The molecule has 4 aliphatic rings. The van der Waals surface area contributed by atoms with Crippen LogP contribution >= 0.6 is 15.9 Å². The van der Waals surface area contributed by atoms with Gasteiger partial charge in [0.15, 0.2) is 23.1 Å². The Balaban J connectivity index is 1.31. The number of methoxy groups -OCH3 is 1. The van der Waals surface area contributed by atoms with E-state index >= 15 is 0 Å². The fraction of sp³-hybridized carbons (Fsp3) is 0.188. The number of hydrogen-bond donors (Lipinski definition) is 0. The van der Waals surface area contributed by atoms with Crippen LogP contribution in [0.4, 0.5) is 5.69 Å². The molecule has 9 nitrogen and oxygen atoms in total. The minimum absolute atomic E-state index is 0.0479. The first-order valence-corrected chi connectivity index (χ1v) is 14.1. The number of rotatable bonds is 6. The van der Waals surface area contributed by atoms with Gasteiger partial charge in [-0.3, -0.25) is 19.2 Å². The van der Waals surface area contributed by atoms with Crippen LogP contribution < -0.4 is 19.1 Å². The molecule has 4 atom stereocenters. The molecule has 2 amide bonds. The van der Waals surface area contributed by atoms with Crippen LogP contribution in [-0.4, -0.2) is 54.3 Å². The van der Waals surface area contributed by atoms with E-state index in [0.29, 0.717) is 44.1 Å². The predicted molar refractivity (Wildman–Crippen MR) is 154 cm³/mol. The van der Waals surface area contributed by atoms with E-state index < -0.39 is 35.7 Å². The Bertz CT molecular complexity index is 1730. The zero-order valence-corrected chi connectivity index (χ0v) is 23.8. The summed E-state index contributed by atoms with van der Waals surface area (Å²) < 4.78 is 16.8. The number of hydrogen-bond acceptors (Lipinski definition) is 8. The second-order valence-corrected chi connectivity index (χ2v) is 11.2. The van der Waals surface area contributed by atoms with Gasteiger partial charge in [0.05, 0.1) is 35.1 Å². The predicted octanol–water partition coefficient (Wildman–Crippen LogP) is 4.56. The first-order chi connectivity index (χ1) is 20.4. The first-order valence-electron chi connectivity index (χ1n) is 13.3. The Morgan fingerprint density at radius 1 is 0.905 bits per heavy atom. The van der Waals surface area contributed by atoms with Crippen molar-refractivity contribution in [2.75, 3.05) is 18.8 Å². The Hall–Kier alpha value is -4.70. The van der Waals surface area contributed by atoms with Gasteiger partial charge in [-0.05, 0) is 52.3 Å². The number of benzene rings is 3. The summed E-state index contributed by atoms with van der Waals surface area (Å²) in [5, 5.41) is 0. The van der Waals surface area contributed by atoms with E-state index in [1.165, 1.54) is 7.11 Å². The minimum Gasteiger partial charge on any atom is -0.496 e. The number of anilines is 1. The molecule has 2 fully saturated rings. The van der Waals surface area contributed by atoms with Gasteiger partial charge >= 0.3 is 0 Å². The standard InChI is InChI=1S/C32H23BrN2O7/c1-40-23-9-7-18(13-21(23)33)30(37)28-27-26(22-14-19(11-12-34(22)28)29(36)17-5-3-2-4-6-17)31(38)35(32(27)39)20-8-10-24-25(15-20)42-16-41-24/h2-15,22,26-28H,16H2,1H3/t22-,26-,27+,28+/m1/s1. The second-order valence-electron chi connectivity index (χ2n) is 10.3. The third-order valence-electron chi connectivity index (χ3n) is 8.17. The van der Waals surface area contributed by atoms with Crippen molar-refractivity contribution in [1.29, 1.82) is 0 Å². The highest BCUT2D eigenvalue weighted by Gasteiger charge is 2.63. The van der Waals surface area contributed by atoms with Crippen molar-refractivity contribution in [2.45, 2.75) is 12.1 Å². The molecular formula is C32H23BrN2O7. The molecule has 4 aliphatic heterocycles. The third-order valence-corrected chi connectivity index (χ3v) is 8.79. The number of ketones is 2. The van der Waals surface area contributed by atoms with Gasteiger partial charge in [-0.25, -0.2) is 4.90 Å². The third kappa shape index (κ3) is 3.97. The van der Waals surface area contributed by atoms with Crippen molar-refractivity contribution in [3.05, 3.63) is 106 Å². The lowest BCUT2D eigenvalue weighted by atomic mass is 9.85. The summed E-state index contributed by atoms with van der Waals surface area (Å²) in [6.07, 6.45) is 5.01. The number of fused-ring (bicyclic) bond motifs is 4. The lowest BCUT2D eigenvalue weighted by molar-refractivity contribution is -0.123. The maximum atomic E-state index is 14.1. The number of imide groups is 1. The van der Waals surface area contributed by atoms with E-state index in [2.05, 4.69) is 15.9 Å². The number of Topliss-reactive ketones (excluding diaryl/α,β-unsaturated/α-hetero) is 2. The molecule has 42 heavy (non-hydrogen) atoms. The van der Waals surface area contributed by atoms with Crippen molar-refractivity contribution < 1.29 is 33.4 Å². The number of amides is 2. The van der Waals surface area contributed by atoms with E-state index in [1.807, 2.05) is 6.07 Å². The van der Waals surface area contributed by atoms with Crippen LogP contribution in [0.5, 0.6) is 17.2 Å². The lowest BCUT2D eigenvalue weighted by Crippen LogP contribution is -2.46. The molecule has 0 aliphatic carbocycles. The van der Waals surface area contributed by atoms with Gasteiger partial charge in [0.2, 0.25) is 18.6 Å². The molecule has 0 spiro atoms. The van der Waals surface area contributed by atoms with Gasteiger partial charge in [-0.1, -0.05) is 36.4 Å². The van der Waals surface area contributed by atoms with Crippen LogP contribution in [0.1, 0.15) is 20.7 Å². The summed E-state index contributed by atoms with van der Waals surface area (Å²) in [7, 11) is 1.53. The van der Waals surface area contributed by atoms with E-state index in [1.54, 1.807) is 83.9 Å². The first kappa shape index (κ1) is 26.2. The van der Waals surface area contributed by atoms with Crippen LogP contribution in [-0.2, 0) is 9.59 Å². The fourth-order valence-electron chi connectivity index (χ4n) is 6.22. The number of halogens is 1. The van der Waals surface area contributed by atoms with E-state index in [9.17, 15) is 19.2 Å². The number of carbonyl (C=O) groups excluding carboxylic acids is 4. The summed E-state index contributed by atoms with van der Waals surface area (Å²) in [6.45, 7) is 0.0479. The summed E-state index contributed by atoms with van der Waals surface area (Å²) >= 11 is 3.44. The Morgan fingerprint density at radius 3 is 2.43 bits per heavy atom. The van der Waals surface area contributed by atoms with Crippen LogP contribution in [0.3, 0.4) is 0 Å². The van der Waals surface area contributed by atoms with Gasteiger partial charge in [0.1, 0.15) is 11.8 Å². The normalized spacial score (nSPS) is 23.5. The number of allylic oxidation sites excluding steroid dienone is 2. The second kappa shape index (κ2) is 9.99. The maximum Gasteiger partial charge on any atom is 0.240 e. The zero-order chi connectivity index (χ0) is 29.1. The van der Waals surface area contributed by atoms with E-state index in [0.717, 1.165) is 4.90 Å². The topological polar surface area (TPSA) is 102 Å². The number of carbonyl (C=O) groups is 4. The molecule has 0 unspecified atom stereocenters. The van der Waals surface area contributed by atoms with Gasteiger partial charge in [-0.15, -0.1) is 0 Å². The monoisotopic (exact) mass is 626 g/mol. The summed E-state index contributed by atoms with van der Waals surface area (Å²) in [5.41, 5.74) is 1.59. The highest BCUT2D eigenvalue weighted by atomic mass is 79.9. The van der Waals surface area contributed by atoms with E-state index in [4.69, 9.17) is 14.2 Å². The highest BCUT2D eigenvalue weighted by molar-refractivity contribution is 9.10. The number of ether oxygens (including phenoxy) is 3. The zero-order valence-electron chi connectivity index (χ0n) is 22.2. The fourth-order valence-corrected chi connectivity index (χ4v) is 6.76. The molecule has 210 valence electrons. The summed E-state index contributed by atoms with van der Waals surface area (Å²) in [6, 6.07) is 17.0. The Morgan fingerprint density at radius 2 is 1.67 bits per heavy atom. The molecule has 3 aromatic carbocycles. The van der Waals surface area contributed by atoms with Crippen LogP contribution in [0.25, 0.3) is 0 Å². The molecular weight excluding hydrogens is 604 g/mol. The molecule has 10 heteroatoms. The molecule has 2 saturated heterocycles. The largest absolute Gasteiger partial charge is 0.496 e. The highest BCUT2D eigenvalue weighted by Crippen LogP contribution is 2.48.